The molecule has 408 valence electrons. The molecule has 0 saturated carbocycles. The van der Waals surface area contributed by atoms with Crippen molar-refractivity contribution < 1.29 is 4.42 Å². The third-order valence-electron chi connectivity index (χ3n) is 18.1. The average Bonchev–Trinajstić information content (AvgIpc) is 1.67. The van der Waals surface area contributed by atoms with Crippen molar-refractivity contribution in [3.63, 3.8) is 0 Å². The molecule has 86 heavy (non-hydrogen) atoms. The van der Waals surface area contributed by atoms with Gasteiger partial charge in [-0.1, -0.05) is 97.1 Å². The SMILES string of the molecule is CC(=N)C=C1NC(c2ccc(-n3c4cc5c(cc4c4sc6ccccc6c43)oc3ccccc35)cc2)=Nc2ccc(C3C=CC=C4C5=C(CC6C(=C5)N(c5ccc(-c7nc8ccccc8c8cc(C)nn78)cc5)c5c6sc6ccccc56)SC43)cc21. The first-order valence-electron chi connectivity index (χ1n) is 29.1. The lowest BCUT2D eigenvalue weighted by Gasteiger charge is -2.28. The minimum absolute atomic E-state index is 0.131. The van der Waals surface area contributed by atoms with Gasteiger partial charge in [-0.15, -0.1) is 34.4 Å². The molecule has 12 heteroatoms. The Labute approximate surface area is 505 Å². The molecule has 0 spiro atoms. The quantitative estimate of drug-likeness (QED) is 0.161. The summed E-state index contributed by atoms with van der Waals surface area (Å²) in [6.07, 6.45) is 12.4. The number of benzene rings is 8. The van der Waals surface area contributed by atoms with E-state index in [-0.39, 0.29) is 17.1 Å². The van der Waals surface area contributed by atoms with Crippen LogP contribution >= 0.6 is 34.4 Å². The van der Waals surface area contributed by atoms with Crippen LogP contribution < -0.4 is 10.2 Å². The van der Waals surface area contributed by atoms with Crippen LogP contribution in [-0.4, -0.2) is 36.0 Å². The number of furan rings is 1. The maximum absolute atomic E-state index is 8.74. The highest BCUT2D eigenvalue weighted by Gasteiger charge is 2.46. The van der Waals surface area contributed by atoms with E-state index in [4.69, 9.17) is 24.9 Å². The van der Waals surface area contributed by atoms with Crippen molar-refractivity contribution >= 4 is 148 Å². The zero-order valence-corrected chi connectivity index (χ0v) is 48.9. The molecule has 6 aromatic heterocycles. The maximum atomic E-state index is 8.74. The molecule has 8 aromatic carbocycles. The highest BCUT2D eigenvalue weighted by atomic mass is 32.2. The number of allylic oxidation sites excluding steroid dienone is 8. The van der Waals surface area contributed by atoms with E-state index in [0.717, 1.165) is 107 Å². The molecule has 0 saturated heterocycles. The second kappa shape index (κ2) is 18.1. The first-order valence-corrected chi connectivity index (χ1v) is 31.6. The lowest BCUT2D eigenvalue weighted by Crippen LogP contribution is -2.27. The number of aliphatic imine (C=N–C) groups is 1. The van der Waals surface area contributed by atoms with Crippen molar-refractivity contribution in [2.75, 3.05) is 4.90 Å². The largest absolute Gasteiger partial charge is 0.456 e. The molecule has 19 rings (SSSR count). The number of hydrogen-bond acceptors (Lipinski definition) is 10. The molecule has 9 heterocycles. The number of para-hydroxylation sites is 2. The number of aromatic nitrogens is 4. The number of amidine groups is 1. The maximum Gasteiger partial charge on any atom is 0.161 e. The first-order chi connectivity index (χ1) is 42.3. The van der Waals surface area contributed by atoms with Crippen LogP contribution in [0.1, 0.15) is 52.4 Å². The van der Waals surface area contributed by atoms with Gasteiger partial charge in [-0.05, 0) is 157 Å². The van der Waals surface area contributed by atoms with Gasteiger partial charge in [0, 0.05) is 103 Å². The summed E-state index contributed by atoms with van der Waals surface area (Å²) >= 11 is 5.83. The number of anilines is 2. The van der Waals surface area contributed by atoms with Crippen molar-refractivity contribution in [1.82, 2.24) is 24.5 Å². The van der Waals surface area contributed by atoms with Crippen LogP contribution in [-0.2, 0) is 0 Å². The fourth-order valence-electron chi connectivity index (χ4n) is 14.3. The second-order valence-electron chi connectivity index (χ2n) is 23.2. The summed E-state index contributed by atoms with van der Waals surface area (Å²) in [7, 11) is 0. The molecule has 0 radical (unpaired) electrons. The van der Waals surface area contributed by atoms with Crippen LogP contribution in [0.3, 0.4) is 0 Å². The molecule has 0 fully saturated rings. The summed E-state index contributed by atoms with van der Waals surface area (Å²) in [4.78, 5) is 15.9. The Hall–Kier alpha value is -9.85. The van der Waals surface area contributed by atoms with Crippen LogP contribution in [0.2, 0.25) is 0 Å². The normalized spacial score (nSPS) is 18.4. The van der Waals surface area contributed by atoms with Crippen molar-refractivity contribution in [1.29, 1.82) is 5.41 Å². The Kier molecular flexibility index (Phi) is 10.2. The summed E-state index contributed by atoms with van der Waals surface area (Å²) in [5.74, 6) is 1.96. The molecule has 14 aromatic rings. The molecular formula is C74H48N8OS3. The Morgan fingerprint density at radius 3 is 2.31 bits per heavy atom. The van der Waals surface area contributed by atoms with Gasteiger partial charge >= 0.3 is 0 Å². The Morgan fingerprint density at radius 2 is 1.47 bits per heavy atom. The number of hydrogen-bond donors (Lipinski definition) is 2. The molecule has 3 aliphatic heterocycles. The van der Waals surface area contributed by atoms with Gasteiger partial charge in [0.2, 0.25) is 0 Å². The van der Waals surface area contributed by atoms with Crippen molar-refractivity contribution in [3.05, 3.63) is 261 Å². The fraction of sp³-hybridized carbons (Fsp3) is 0.0811. The van der Waals surface area contributed by atoms with Gasteiger partial charge in [-0.2, -0.15) is 5.10 Å². The number of aryl methyl sites for hydroxylation is 1. The van der Waals surface area contributed by atoms with Gasteiger partial charge in [-0.25, -0.2) is 14.5 Å². The Balaban J connectivity index is 0.648. The van der Waals surface area contributed by atoms with Gasteiger partial charge < -0.3 is 24.6 Å². The van der Waals surface area contributed by atoms with Crippen molar-refractivity contribution in [2.24, 2.45) is 4.99 Å². The van der Waals surface area contributed by atoms with E-state index < -0.39 is 0 Å². The molecule has 0 amide bonds. The third-order valence-corrected chi connectivity index (χ3v) is 22.0. The molecule has 5 aliphatic rings. The van der Waals surface area contributed by atoms with Gasteiger partial charge in [0.05, 0.1) is 49.5 Å². The van der Waals surface area contributed by atoms with E-state index in [0.29, 0.717) is 5.71 Å². The smallest absolute Gasteiger partial charge is 0.161 e. The highest BCUT2D eigenvalue weighted by Crippen LogP contribution is 2.63. The molecule has 9 nitrogen and oxygen atoms in total. The summed E-state index contributed by atoms with van der Waals surface area (Å²) in [5.41, 5.74) is 21.2. The molecular weight excluding hydrogens is 1110 g/mol. The molecule has 0 bridgehead atoms. The number of fused-ring (bicyclic) bond motifs is 19. The van der Waals surface area contributed by atoms with Gasteiger partial charge in [0.1, 0.15) is 17.0 Å². The number of rotatable bonds is 6. The second-order valence-corrected chi connectivity index (χ2v) is 26.6. The van der Waals surface area contributed by atoms with Crippen LogP contribution in [0.5, 0.6) is 0 Å². The Bertz CT molecular complexity index is 5580. The molecule has 3 atom stereocenters. The van der Waals surface area contributed by atoms with Crippen LogP contribution in [0, 0.1) is 12.3 Å². The van der Waals surface area contributed by atoms with Crippen LogP contribution in [0.4, 0.5) is 17.1 Å². The minimum Gasteiger partial charge on any atom is -0.456 e. The number of nitrogens with one attached hydrogen (secondary N) is 2. The fourth-order valence-corrected chi connectivity index (χ4v) is 18.4. The van der Waals surface area contributed by atoms with E-state index in [1.54, 1.807) is 0 Å². The molecule has 3 unspecified atom stereocenters. The average molecular weight is 1160 g/mol. The predicted molar refractivity (Wildman–Crippen MR) is 359 cm³/mol. The van der Waals surface area contributed by atoms with E-state index >= 15 is 0 Å². The van der Waals surface area contributed by atoms with E-state index in [1.165, 1.54) is 73.7 Å². The van der Waals surface area contributed by atoms with Gasteiger partial charge in [-0.3, -0.25) is 0 Å². The van der Waals surface area contributed by atoms with Gasteiger partial charge in [0.25, 0.3) is 0 Å². The zero-order chi connectivity index (χ0) is 56.6. The van der Waals surface area contributed by atoms with E-state index in [2.05, 4.69) is 221 Å². The van der Waals surface area contributed by atoms with Crippen LogP contribution in [0.15, 0.2) is 244 Å². The molecule has 2 N–H and O–H groups in total. The third kappa shape index (κ3) is 7.05. The first kappa shape index (κ1) is 48.5. The lowest BCUT2D eigenvalue weighted by atomic mass is 9.81. The zero-order valence-electron chi connectivity index (χ0n) is 46.5. The lowest BCUT2D eigenvalue weighted by molar-refractivity contribution is 0.669. The van der Waals surface area contributed by atoms with Crippen LogP contribution in [0.25, 0.3) is 102 Å². The highest BCUT2D eigenvalue weighted by molar-refractivity contribution is 8.04. The Morgan fingerprint density at radius 1 is 0.709 bits per heavy atom. The van der Waals surface area contributed by atoms with Crippen molar-refractivity contribution in [2.45, 2.75) is 37.4 Å². The summed E-state index contributed by atoms with van der Waals surface area (Å²) in [6, 6.07) is 65.5. The van der Waals surface area contributed by atoms with Gasteiger partial charge in [0.15, 0.2) is 5.82 Å². The summed E-state index contributed by atoms with van der Waals surface area (Å²) in [5, 5.41) is 24.6. The molecule has 2 aliphatic carbocycles. The summed E-state index contributed by atoms with van der Waals surface area (Å²) in [6.45, 7) is 3.89. The minimum atomic E-state index is 0.131. The predicted octanol–water partition coefficient (Wildman–Crippen LogP) is 19.5. The monoisotopic (exact) mass is 1160 g/mol. The summed E-state index contributed by atoms with van der Waals surface area (Å²) < 4.78 is 14.7. The topological polar surface area (TPSA) is 99.7 Å². The standard InChI is InChI=1S/C74H48N8OS3/c1-39(75)32-59-54-34-43(26-31-58(54)76-73(77-59)41-22-27-44(28-23-41)80-60-35-52-47-12-4-8-19-63(47)83-64(52)37-55(60)71-68(80)50-14-5-9-20-65(50)84-71)46-16-11-17-48-53-36-61-56(38-67(53)86-70(46)48)72-69(51-15-6-10-21-66(51)85-72)81(61)45-29-24-42(25-30-45)74-78-57-18-7-3-13-49(57)62-33-40(2)79-82(62)74/h3-37,46,56,70,75H,38H2,1-2H3,(H,76,77). The van der Waals surface area contributed by atoms with Crippen molar-refractivity contribution in [3.8, 4) is 17.1 Å². The van der Waals surface area contributed by atoms with E-state index in [1.807, 2.05) is 59.2 Å². The number of thioether (sulfide) groups is 1. The van der Waals surface area contributed by atoms with E-state index in [9.17, 15) is 0 Å². The number of nitrogens with zero attached hydrogens (tertiary/aromatic N) is 6. The number of thiophene rings is 2.